The summed E-state index contributed by atoms with van der Waals surface area (Å²) < 4.78 is 7.30. The number of carbonyl (C=O) groups is 2. The standard InChI is InChI=1S/C26H22ClN3O6/c1-2-36-23-12-11-16(13-18(23)27)22(32)14-29-20-9-5-3-7-17(20)25(34)30(26(29)35)15-24(33)28-19-8-4-6-10-21(19)31/h3-13,31H,2,14-15H2,1H3,(H,28,33). The van der Waals surface area contributed by atoms with Crippen molar-refractivity contribution < 1.29 is 19.4 Å². The molecule has 36 heavy (non-hydrogen) atoms. The van der Waals surface area contributed by atoms with Crippen molar-refractivity contribution in [2.75, 3.05) is 11.9 Å². The number of hydrogen-bond acceptors (Lipinski definition) is 6. The van der Waals surface area contributed by atoms with Crippen molar-refractivity contribution in [3.05, 3.63) is 98.2 Å². The molecular weight excluding hydrogens is 486 g/mol. The summed E-state index contributed by atoms with van der Waals surface area (Å²) in [6.45, 7) is 1.23. The summed E-state index contributed by atoms with van der Waals surface area (Å²) in [6.07, 6.45) is 0. The number of amides is 1. The highest BCUT2D eigenvalue weighted by molar-refractivity contribution is 6.32. The van der Waals surface area contributed by atoms with Gasteiger partial charge in [-0.3, -0.25) is 23.5 Å². The Labute approximate surface area is 210 Å². The minimum atomic E-state index is -0.823. The average Bonchev–Trinajstić information content (AvgIpc) is 2.87. The van der Waals surface area contributed by atoms with Gasteiger partial charge in [0.2, 0.25) is 5.91 Å². The van der Waals surface area contributed by atoms with Crippen molar-refractivity contribution >= 4 is 39.9 Å². The second kappa shape index (κ2) is 10.5. The Balaban J connectivity index is 1.70. The number of aromatic nitrogens is 2. The lowest BCUT2D eigenvalue weighted by Crippen LogP contribution is -2.43. The van der Waals surface area contributed by atoms with E-state index in [1.54, 1.807) is 42.5 Å². The molecule has 1 amide bonds. The zero-order valence-corrected chi connectivity index (χ0v) is 20.0. The number of nitrogens with zero attached hydrogens (tertiary/aromatic N) is 2. The molecule has 2 N–H and O–H groups in total. The second-order valence-electron chi connectivity index (χ2n) is 7.84. The number of rotatable bonds is 8. The number of ketones is 1. The van der Waals surface area contributed by atoms with Crippen LogP contribution in [0, 0.1) is 0 Å². The highest BCUT2D eigenvalue weighted by Crippen LogP contribution is 2.26. The number of nitrogens with one attached hydrogen (secondary N) is 1. The fraction of sp³-hybridized carbons (Fsp3) is 0.154. The van der Waals surface area contributed by atoms with E-state index in [4.69, 9.17) is 16.3 Å². The van der Waals surface area contributed by atoms with Gasteiger partial charge in [-0.2, -0.15) is 0 Å². The number of Topliss-reactive ketones (excluding diaryl/α,β-unsaturated/α-hetero) is 1. The minimum absolute atomic E-state index is 0.138. The number of hydrogen-bond donors (Lipinski definition) is 2. The molecule has 1 heterocycles. The topological polar surface area (TPSA) is 120 Å². The van der Waals surface area contributed by atoms with Gasteiger partial charge in [0.1, 0.15) is 18.0 Å². The van der Waals surface area contributed by atoms with Gasteiger partial charge in [0.15, 0.2) is 5.78 Å². The molecule has 0 atom stereocenters. The first kappa shape index (κ1) is 24.7. The predicted octanol–water partition coefficient (Wildman–Crippen LogP) is 3.44. The van der Waals surface area contributed by atoms with E-state index in [1.165, 1.54) is 24.3 Å². The normalized spacial score (nSPS) is 10.8. The van der Waals surface area contributed by atoms with Crippen molar-refractivity contribution in [3.8, 4) is 11.5 Å². The summed E-state index contributed by atoms with van der Waals surface area (Å²) in [4.78, 5) is 52.1. The second-order valence-corrected chi connectivity index (χ2v) is 8.25. The number of phenolic OH excluding ortho intramolecular Hbond substituents is 1. The Morgan fingerprint density at radius 3 is 2.42 bits per heavy atom. The summed E-state index contributed by atoms with van der Waals surface area (Å²) in [5.74, 6) is -0.839. The lowest BCUT2D eigenvalue weighted by atomic mass is 10.1. The van der Waals surface area contributed by atoms with Gasteiger partial charge in [-0.05, 0) is 49.4 Å². The summed E-state index contributed by atoms with van der Waals surface area (Å²) >= 11 is 6.21. The molecule has 0 saturated carbocycles. The average molecular weight is 508 g/mol. The monoisotopic (exact) mass is 507 g/mol. The maximum absolute atomic E-state index is 13.3. The van der Waals surface area contributed by atoms with Gasteiger partial charge >= 0.3 is 5.69 Å². The fourth-order valence-electron chi connectivity index (χ4n) is 3.76. The van der Waals surface area contributed by atoms with E-state index in [0.29, 0.717) is 12.4 Å². The predicted molar refractivity (Wildman–Crippen MR) is 136 cm³/mol. The third-order valence-electron chi connectivity index (χ3n) is 5.47. The number of carbonyl (C=O) groups excluding carboxylic acids is 2. The molecule has 0 saturated heterocycles. The highest BCUT2D eigenvalue weighted by Gasteiger charge is 2.19. The lowest BCUT2D eigenvalue weighted by molar-refractivity contribution is -0.116. The van der Waals surface area contributed by atoms with Crippen molar-refractivity contribution in [3.63, 3.8) is 0 Å². The lowest BCUT2D eigenvalue weighted by Gasteiger charge is -2.14. The number of halogens is 1. The molecule has 0 bridgehead atoms. The van der Waals surface area contributed by atoms with Gasteiger partial charge in [-0.25, -0.2) is 4.79 Å². The van der Waals surface area contributed by atoms with Crippen LogP contribution in [-0.4, -0.2) is 32.5 Å². The molecular formula is C26H22ClN3O6. The molecule has 1 aromatic heterocycles. The van der Waals surface area contributed by atoms with Gasteiger partial charge in [-0.1, -0.05) is 35.9 Å². The van der Waals surface area contributed by atoms with E-state index >= 15 is 0 Å². The molecule has 10 heteroatoms. The summed E-state index contributed by atoms with van der Waals surface area (Å²) in [5.41, 5.74) is -0.837. The Hall–Kier alpha value is -4.37. The molecule has 184 valence electrons. The van der Waals surface area contributed by atoms with Crippen LogP contribution in [0.3, 0.4) is 0 Å². The van der Waals surface area contributed by atoms with Crippen LogP contribution in [0.4, 0.5) is 5.69 Å². The Morgan fingerprint density at radius 2 is 1.69 bits per heavy atom. The third kappa shape index (κ3) is 5.01. The summed E-state index contributed by atoms with van der Waals surface area (Å²) in [7, 11) is 0. The summed E-state index contributed by atoms with van der Waals surface area (Å²) in [6, 6.07) is 17.0. The molecule has 0 aliphatic carbocycles. The van der Waals surface area contributed by atoms with Crippen LogP contribution in [0.2, 0.25) is 5.02 Å². The van der Waals surface area contributed by atoms with Crippen LogP contribution in [0.25, 0.3) is 10.9 Å². The zero-order valence-electron chi connectivity index (χ0n) is 19.2. The number of anilines is 1. The fourth-order valence-corrected chi connectivity index (χ4v) is 3.99. The number of fused-ring (bicyclic) bond motifs is 1. The third-order valence-corrected chi connectivity index (χ3v) is 5.76. The maximum atomic E-state index is 13.3. The van der Waals surface area contributed by atoms with Crippen LogP contribution < -0.4 is 21.3 Å². The first-order chi connectivity index (χ1) is 17.3. The smallest absolute Gasteiger partial charge is 0.332 e. The van der Waals surface area contributed by atoms with Crippen LogP contribution in [0.1, 0.15) is 17.3 Å². The molecule has 9 nitrogen and oxygen atoms in total. The summed E-state index contributed by atoms with van der Waals surface area (Å²) in [5, 5.41) is 12.8. The molecule has 0 aliphatic rings. The molecule has 0 aliphatic heterocycles. The SMILES string of the molecule is CCOc1ccc(C(=O)Cn2c(=O)n(CC(=O)Nc3ccccc3O)c(=O)c3ccccc32)cc1Cl. The van der Waals surface area contributed by atoms with Crippen molar-refractivity contribution in [1.82, 2.24) is 9.13 Å². The quantitative estimate of drug-likeness (QED) is 0.278. The van der Waals surface area contributed by atoms with Gasteiger partial charge in [0, 0.05) is 5.56 Å². The number of aromatic hydroxyl groups is 1. The van der Waals surface area contributed by atoms with Crippen LogP contribution in [-0.2, 0) is 17.9 Å². The largest absolute Gasteiger partial charge is 0.506 e. The van der Waals surface area contributed by atoms with E-state index in [9.17, 15) is 24.3 Å². The van der Waals surface area contributed by atoms with Crippen molar-refractivity contribution in [1.29, 1.82) is 0 Å². The van der Waals surface area contributed by atoms with Crippen molar-refractivity contribution in [2.45, 2.75) is 20.0 Å². The van der Waals surface area contributed by atoms with E-state index < -0.39 is 29.5 Å². The number of para-hydroxylation sites is 3. The molecule has 0 unspecified atom stereocenters. The maximum Gasteiger partial charge on any atom is 0.332 e. The van der Waals surface area contributed by atoms with Gasteiger partial charge in [0.25, 0.3) is 5.56 Å². The zero-order chi connectivity index (χ0) is 25.8. The van der Waals surface area contributed by atoms with Gasteiger partial charge < -0.3 is 15.2 Å². The van der Waals surface area contributed by atoms with E-state index in [0.717, 1.165) is 9.13 Å². The molecule has 4 aromatic rings. The Kier molecular flexibility index (Phi) is 7.21. The van der Waals surface area contributed by atoms with E-state index in [2.05, 4.69) is 5.32 Å². The Morgan fingerprint density at radius 1 is 0.972 bits per heavy atom. The van der Waals surface area contributed by atoms with E-state index in [1.807, 2.05) is 6.92 Å². The highest BCUT2D eigenvalue weighted by atomic mass is 35.5. The number of phenols is 1. The molecule has 3 aromatic carbocycles. The molecule has 0 spiro atoms. The van der Waals surface area contributed by atoms with Crippen LogP contribution in [0.5, 0.6) is 11.5 Å². The van der Waals surface area contributed by atoms with E-state index in [-0.39, 0.29) is 39.5 Å². The Bertz CT molecular complexity index is 1590. The minimum Gasteiger partial charge on any atom is -0.506 e. The number of ether oxygens (including phenoxy) is 1. The van der Waals surface area contributed by atoms with Crippen LogP contribution in [0.15, 0.2) is 76.3 Å². The molecule has 0 radical (unpaired) electrons. The first-order valence-corrected chi connectivity index (χ1v) is 11.4. The first-order valence-electron chi connectivity index (χ1n) is 11.1. The van der Waals surface area contributed by atoms with Crippen molar-refractivity contribution in [2.24, 2.45) is 0 Å². The van der Waals surface area contributed by atoms with Gasteiger partial charge in [-0.15, -0.1) is 0 Å². The van der Waals surface area contributed by atoms with Crippen LogP contribution >= 0.6 is 11.6 Å². The van der Waals surface area contributed by atoms with Gasteiger partial charge in [0.05, 0.1) is 34.8 Å². The molecule has 0 fully saturated rings. The molecule has 4 rings (SSSR count). The number of benzene rings is 3.